The zero-order chi connectivity index (χ0) is 18.2. The van der Waals surface area contributed by atoms with Crippen molar-refractivity contribution < 1.29 is 27.4 Å². The molecule has 0 aromatic heterocycles. The minimum atomic E-state index is -3.54. The van der Waals surface area contributed by atoms with Gasteiger partial charge in [-0.15, -0.1) is 12.4 Å². The van der Waals surface area contributed by atoms with Gasteiger partial charge in [0.15, 0.2) is 21.4 Å². The second kappa shape index (κ2) is 8.08. The number of carbonyl (C=O) groups excluding carboxylic acids is 1. The predicted octanol–water partition coefficient (Wildman–Crippen LogP) is 0.353. The van der Waals surface area contributed by atoms with Crippen LogP contribution in [0, 0.1) is 5.82 Å². The third kappa shape index (κ3) is 4.28. The van der Waals surface area contributed by atoms with Crippen LogP contribution in [0.4, 0.5) is 4.39 Å². The van der Waals surface area contributed by atoms with Crippen LogP contribution in [-0.2, 0) is 14.6 Å². The van der Waals surface area contributed by atoms with Gasteiger partial charge in [0.25, 0.3) is 5.91 Å². The Hall–Kier alpha value is -1.42. The largest absolute Gasteiger partial charge is 0.475 e. The van der Waals surface area contributed by atoms with Gasteiger partial charge in [-0.1, -0.05) is 0 Å². The van der Waals surface area contributed by atoms with Gasteiger partial charge in [-0.25, -0.2) is 12.8 Å². The van der Waals surface area contributed by atoms with Crippen LogP contribution in [0.5, 0.6) is 5.75 Å². The first-order chi connectivity index (χ1) is 11.8. The summed E-state index contributed by atoms with van der Waals surface area (Å²) in [6.07, 6.45) is 0.319. The van der Waals surface area contributed by atoms with Crippen LogP contribution in [0.2, 0.25) is 0 Å². The van der Waals surface area contributed by atoms with Crippen molar-refractivity contribution in [1.29, 1.82) is 0 Å². The van der Waals surface area contributed by atoms with E-state index in [1.807, 2.05) is 0 Å². The number of hydrogen-bond acceptors (Lipinski definition) is 6. The van der Waals surface area contributed by atoms with E-state index in [0.29, 0.717) is 0 Å². The van der Waals surface area contributed by atoms with Crippen molar-refractivity contribution in [1.82, 2.24) is 10.2 Å². The Labute approximate surface area is 157 Å². The van der Waals surface area contributed by atoms with Crippen LogP contribution in [0.3, 0.4) is 0 Å². The molecule has 2 atom stereocenters. The molecule has 2 N–H and O–H groups in total. The number of sulfone groups is 1. The number of hydrogen-bond donors (Lipinski definition) is 2. The minimum Gasteiger partial charge on any atom is -0.475 e. The maximum absolute atomic E-state index is 14.1. The number of ether oxygens (including phenoxy) is 1. The summed E-state index contributed by atoms with van der Waals surface area (Å²) in [6.45, 7) is 1.76. The number of nitrogens with zero attached hydrogens (tertiary/aromatic N) is 1. The zero-order valence-electron chi connectivity index (χ0n) is 14.2. The highest BCUT2D eigenvalue weighted by Crippen LogP contribution is 2.27. The summed E-state index contributed by atoms with van der Waals surface area (Å²) in [5, 5.41) is 13.4. The first kappa shape index (κ1) is 20.9. The number of amides is 1. The van der Waals surface area contributed by atoms with Crippen LogP contribution in [0.1, 0.15) is 12.8 Å². The van der Waals surface area contributed by atoms with Crippen LogP contribution in [0.15, 0.2) is 23.1 Å². The van der Waals surface area contributed by atoms with E-state index in [0.717, 1.165) is 38.3 Å². The third-order valence-electron chi connectivity index (χ3n) is 4.59. The minimum absolute atomic E-state index is 0. The Kier molecular flexibility index (Phi) is 6.49. The van der Waals surface area contributed by atoms with Gasteiger partial charge in [0.1, 0.15) is 6.10 Å². The number of nitrogens with one attached hydrogen (secondary N) is 1. The van der Waals surface area contributed by atoms with Gasteiger partial charge in [0.2, 0.25) is 6.10 Å². The lowest BCUT2D eigenvalue weighted by Crippen LogP contribution is -2.45. The molecule has 2 aliphatic heterocycles. The van der Waals surface area contributed by atoms with Gasteiger partial charge >= 0.3 is 0 Å². The van der Waals surface area contributed by atoms with Crippen molar-refractivity contribution in [3.05, 3.63) is 24.0 Å². The smallest absolute Gasteiger partial charge is 0.266 e. The maximum Gasteiger partial charge on any atom is 0.266 e. The highest BCUT2D eigenvalue weighted by atomic mass is 35.5. The van der Waals surface area contributed by atoms with Gasteiger partial charge in [-0.05, 0) is 44.1 Å². The molecule has 2 aliphatic rings. The number of aliphatic hydroxyl groups is 1. The van der Waals surface area contributed by atoms with E-state index in [2.05, 4.69) is 5.32 Å². The molecule has 2 fully saturated rings. The molecule has 7 nitrogen and oxygen atoms in total. The van der Waals surface area contributed by atoms with E-state index in [-0.39, 0.29) is 41.5 Å². The zero-order valence-corrected chi connectivity index (χ0v) is 15.9. The van der Waals surface area contributed by atoms with Crippen molar-refractivity contribution >= 4 is 28.2 Å². The van der Waals surface area contributed by atoms with E-state index in [1.54, 1.807) is 4.90 Å². The lowest BCUT2D eigenvalue weighted by molar-refractivity contribution is -0.136. The molecule has 0 radical (unpaired) electrons. The summed E-state index contributed by atoms with van der Waals surface area (Å²) < 4.78 is 42.4. The summed E-state index contributed by atoms with van der Waals surface area (Å²) in [6, 6.07) is 3.26. The van der Waals surface area contributed by atoms with Gasteiger partial charge in [0.05, 0.1) is 11.4 Å². The molecule has 26 heavy (non-hydrogen) atoms. The molecule has 0 saturated carbocycles. The summed E-state index contributed by atoms with van der Waals surface area (Å²) in [7, 11) is -3.54. The molecule has 1 amide bonds. The lowest BCUT2D eigenvalue weighted by atomic mass is 10.1. The Morgan fingerprint density at radius 2 is 1.96 bits per heavy atom. The fourth-order valence-corrected chi connectivity index (χ4v) is 3.87. The highest BCUT2D eigenvalue weighted by molar-refractivity contribution is 7.90. The number of rotatable bonds is 4. The van der Waals surface area contributed by atoms with E-state index >= 15 is 0 Å². The Bertz CT molecular complexity index is 770. The topological polar surface area (TPSA) is 95.9 Å². The van der Waals surface area contributed by atoms with Crippen LogP contribution in [0.25, 0.3) is 0 Å². The lowest BCUT2D eigenvalue weighted by Gasteiger charge is -2.31. The van der Waals surface area contributed by atoms with Gasteiger partial charge in [-0.2, -0.15) is 0 Å². The van der Waals surface area contributed by atoms with Crippen molar-refractivity contribution in [2.24, 2.45) is 0 Å². The van der Waals surface area contributed by atoms with Gasteiger partial charge < -0.3 is 20.1 Å². The molecule has 0 unspecified atom stereocenters. The monoisotopic (exact) mass is 408 g/mol. The SMILES string of the molecule is CS(=O)(=O)c1ccc(O[C@@H]2C(=O)N(C3CCNCC3)C[C@@H]2O)c(F)c1.Cl. The number of likely N-dealkylation sites (tertiary alicyclic amines) is 1. The summed E-state index contributed by atoms with van der Waals surface area (Å²) in [5.74, 6) is -1.51. The summed E-state index contributed by atoms with van der Waals surface area (Å²) in [5.41, 5.74) is 0. The van der Waals surface area contributed by atoms with Gasteiger partial charge in [0, 0.05) is 12.3 Å². The van der Waals surface area contributed by atoms with E-state index < -0.39 is 27.9 Å². The first-order valence-corrected chi connectivity index (χ1v) is 10.0. The van der Waals surface area contributed by atoms with E-state index in [9.17, 15) is 22.7 Å². The third-order valence-corrected chi connectivity index (χ3v) is 5.70. The Morgan fingerprint density at radius 3 is 2.54 bits per heavy atom. The molecule has 1 aromatic carbocycles. The summed E-state index contributed by atoms with van der Waals surface area (Å²) >= 11 is 0. The highest BCUT2D eigenvalue weighted by Gasteiger charge is 2.44. The molecule has 0 aliphatic carbocycles. The second-order valence-corrected chi connectivity index (χ2v) is 8.46. The van der Waals surface area contributed by atoms with Crippen molar-refractivity contribution in [2.45, 2.75) is 36.0 Å². The average molecular weight is 409 g/mol. The number of carbonyl (C=O) groups is 1. The Morgan fingerprint density at radius 1 is 1.31 bits per heavy atom. The number of benzene rings is 1. The number of aliphatic hydroxyl groups excluding tert-OH is 1. The number of piperidine rings is 1. The molecule has 10 heteroatoms. The first-order valence-electron chi connectivity index (χ1n) is 8.13. The molecule has 0 spiro atoms. The summed E-state index contributed by atoms with van der Waals surface area (Å²) in [4.78, 5) is 14.0. The predicted molar refractivity (Wildman–Crippen MR) is 94.8 cm³/mol. The molecule has 2 heterocycles. The fourth-order valence-electron chi connectivity index (χ4n) is 3.24. The molecular formula is C16H22ClFN2O5S. The molecule has 0 bridgehead atoms. The van der Waals surface area contributed by atoms with Crippen molar-refractivity contribution in [2.75, 3.05) is 25.9 Å². The number of β-amino-alcohol motifs (C(OH)–C–C–N with tert-alkyl or cyclic N) is 1. The number of halogens is 2. The van der Waals surface area contributed by atoms with Crippen LogP contribution >= 0.6 is 12.4 Å². The second-order valence-electron chi connectivity index (χ2n) is 6.44. The van der Waals surface area contributed by atoms with Crippen LogP contribution < -0.4 is 10.1 Å². The van der Waals surface area contributed by atoms with Crippen molar-refractivity contribution in [3.63, 3.8) is 0 Å². The molecule has 2 saturated heterocycles. The Balaban J connectivity index is 0.00000243. The van der Waals surface area contributed by atoms with E-state index in [1.165, 1.54) is 12.1 Å². The maximum atomic E-state index is 14.1. The fraction of sp³-hybridized carbons (Fsp3) is 0.562. The van der Waals surface area contributed by atoms with Gasteiger partial charge in [-0.3, -0.25) is 4.79 Å². The normalized spacial score (nSPS) is 24.4. The van der Waals surface area contributed by atoms with Crippen molar-refractivity contribution in [3.8, 4) is 5.75 Å². The standard InChI is InChI=1S/C16H21FN2O5S.ClH/c1-25(22,23)11-2-3-14(12(17)8-11)24-15-13(20)9-19(16(15)21)10-4-6-18-7-5-10;/h2-3,8,10,13,15,18,20H,4-7,9H2,1H3;1H/t13-,15-;/m0./s1. The molecule has 146 valence electrons. The quantitative estimate of drug-likeness (QED) is 0.746. The van der Waals surface area contributed by atoms with Crippen LogP contribution in [-0.4, -0.2) is 68.5 Å². The molecular weight excluding hydrogens is 387 g/mol. The average Bonchev–Trinajstić information content (AvgIpc) is 2.84. The molecule has 1 aromatic rings. The molecule has 3 rings (SSSR count). The van der Waals surface area contributed by atoms with E-state index in [4.69, 9.17) is 4.74 Å².